The number of benzene rings is 1. The second-order valence-electron chi connectivity index (χ2n) is 6.92. The minimum atomic E-state index is -4.75. The third kappa shape index (κ3) is 4.56. The Labute approximate surface area is 175 Å². The summed E-state index contributed by atoms with van der Waals surface area (Å²) in [5.41, 5.74) is -0.920. The maximum atomic E-state index is 14.4. The van der Waals surface area contributed by atoms with Gasteiger partial charge >= 0.3 is 12.2 Å². The first-order chi connectivity index (χ1) is 14.1. The number of hydrogen-bond donors (Lipinski definition) is 0. The molecule has 1 aromatic heterocycles. The van der Waals surface area contributed by atoms with Crippen molar-refractivity contribution < 1.29 is 27.2 Å². The molecule has 1 aliphatic rings. The van der Waals surface area contributed by atoms with E-state index in [-0.39, 0.29) is 18.9 Å². The number of ketones is 1. The summed E-state index contributed by atoms with van der Waals surface area (Å²) in [5, 5.41) is 0.372. The second-order valence-corrected chi connectivity index (χ2v) is 7.36. The van der Waals surface area contributed by atoms with E-state index in [1.165, 1.54) is 11.0 Å². The van der Waals surface area contributed by atoms with Gasteiger partial charge in [-0.1, -0.05) is 37.1 Å². The molecule has 10 heteroatoms. The molecule has 2 aromatic rings. The first-order valence-corrected chi connectivity index (χ1v) is 9.59. The molecular weight excluding hydrogens is 426 g/mol. The average Bonchev–Trinajstić information content (AvgIpc) is 2.97. The van der Waals surface area contributed by atoms with Crippen LogP contribution in [-0.4, -0.2) is 40.8 Å². The summed E-state index contributed by atoms with van der Waals surface area (Å²) in [6.45, 7) is 1.65. The minimum absolute atomic E-state index is 0.0186. The summed E-state index contributed by atoms with van der Waals surface area (Å²) in [5.74, 6) is -2.10. The molecule has 0 aliphatic carbocycles. The van der Waals surface area contributed by atoms with Crippen molar-refractivity contribution in [2.24, 2.45) is 0 Å². The molecule has 0 unspecified atom stereocenters. The molecule has 5 nitrogen and oxygen atoms in total. The predicted octanol–water partition coefficient (Wildman–Crippen LogP) is 5.19. The molecular formula is C20H18ClF4N3O2. The van der Waals surface area contributed by atoms with E-state index in [1.54, 1.807) is 18.2 Å². The number of Topliss-reactive ketones (excluding diaryl/α,β-unsaturated/α-hetero) is 1. The zero-order valence-corrected chi connectivity index (χ0v) is 16.7. The highest BCUT2D eigenvalue weighted by Crippen LogP contribution is 2.33. The van der Waals surface area contributed by atoms with Crippen LogP contribution in [0.5, 0.6) is 0 Å². The van der Waals surface area contributed by atoms with Crippen LogP contribution >= 0.6 is 11.6 Å². The van der Waals surface area contributed by atoms with Crippen LogP contribution in [0, 0.1) is 5.82 Å². The number of rotatable bonds is 6. The first-order valence-electron chi connectivity index (χ1n) is 9.21. The SMILES string of the molecule is CCC[C@H]1CN(c2ncc(C(F)(F)F)cc2F)C(=O)N1CC(=O)c1cccc(Cl)c1. The molecule has 160 valence electrons. The number of nitrogens with zero attached hydrogens (tertiary/aromatic N) is 3. The lowest BCUT2D eigenvalue weighted by atomic mass is 10.1. The van der Waals surface area contributed by atoms with Crippen LogP contribution in [-0.2, 0) is 6.18 Å². The van der Waals surface area contributed by atoms with Gasteiger partial charge in [0, 0.05) is 23.3 Å². The second kappa shape index (κ2) is 8.59. The lowest BCUT2D eigenvalue weighted by Crippen LogP contribution is -2.39. The van der Waals surface area contributed by atoms with Gasteiger partial charge in [0.05, 0.1) is 18.2 Å². The molecule has 3 rings (SSSR count). The number of aromatic nitrogens is 1. The van der Waals surface area contributed by atoms with Crippen LogP contribution in [0.1, 0.15) is 35.7 Å². The van der Waals surface area contributed by atoms with E-state index < -0.39 is 35.4 Å². The Morgan fingerprint density at radius 3 is 2.63 bits per heavy atom. The Balaban J connectivity index is 1.86. The number of amides is 2. The fourth-order valence-corrected chi connectivity index (χ4v) is 3.54. The number of carbonyl (C=O) groups is 2. The van der Waals surface area contributed by atoms with Gasteiger partial charge in [0.15, 0.2) is 17.4 Å². The lowest BCUT2D eigenvalue weighted by Gasteiger charge is -2.22. The number of anilines is 1. The van der Waals surface area contributed by atoms with Crippen molar-refractivity contribution in [3.8, 4) is 0 Å². The number of urea groups is 1. The van der Waals surface area contributed by atoms with Gasteiger partial charge < -0.3 is 4.90 Å². The summed E-state index contributed by atoms with van der Waals surface area (Å²) in [6, 6.07) is 5.49. The number of halogens is 5. The summed E-state index contributed by atoms with van der Waals surface area (Å²) < 4.78 is 52.7. The number of hydrogen-bond acceptors (Lipinski definition) is 3. The van der Waals surface area contributed by atoms with E-state index in [4.69, 9.17) is 11.6 Å². The van der Waals surface area contributed by atoms with Gasteiger partial charge in [-0.3, -0.25) is 9.69 Å². The molecule has 0 radical (unpaired) electrons. The van der Waals surface area contributed by atoms with Crippen molar-refractivity contribution in [2.45, 2.75) is 32.0 Å². The standard InChI is InChI=1S/C20H18ClF4N3O2/c1-2-4-15-10-28(18-16(22)8-13(9-26-18)20(23,24)25)19(30)27(15)11-17(29)12-5-3-6-14(21)7-12/h3,5-9,15H,2,4,10-11H2,1H3/t15-/m0/s1. The topological polar surface area (TPSA) is 53.5 Å². The van der Waals surface area contributed by atoms with Gasteiger partial charge in [0.1, 0.15) is 0 Å². The van der Waals surface area contributed by atoms with Gasteiger partial charge in [0.25, 0.3) is 0 Å². The fourth-order valence-electron chi connectivity index (χ4n) is 3.35. The van der Waals surface area contributed by atoms with Gasteiger partial charge in [-0.2, -0.15) is 13.2 Å². The van der Waals surface area contributed by atoms with Crippen molar-refractivity contribution in [3.05, 3.63) is 58.5 Å². The van der Waals surface area contributed by atoms with Crippen molar-refractivity contribution in [3.63, 3.8) is 0 Å². The van der Waals surface area contributed by atoms with Crippen LogP contribution < -0.4 is 4.90 Å². The van der Waals surface area contributed by atoms with E-state index in [9.17, 15) is 27.2 Å². The number of alkyl halides is 3. The zero-order valence-electron chi connectivity index (χ0n) is 15.9. The summed E-state index contributed by atoms with van der Waals surface area (Å²) in [4.78, 5) is 31.3. The largest absolute Gasteiger partial charge is 0.417 e. The molecule has 1 aliphatic heterocycles. The maximum absolute atomic E-state index is 14.4. The highest BCUT2D eigenvalue weighted by Gasteiger charge is 2.41. The van der Waals surface area contributed by atoms with Crippen LogP contribution in [0.25, 0.3) is 0 Å². The van der Waals surface area contributed by atoms with E-state index in [0.29, 0.717) is 35.7 Å². The van der Waals surface area contributed by atoms with E-state index in [1.807, 2.05) is 6.92 Å². The molecule has 1 fully saturated rings. The number of pyridine rings is 1. The molecule has 1 aromatic carbocycles. The summed E-state index contributed by atoms with van der Waals surface area (Å²) in [6.07, 6.45) is -3.04. The predicted molar refractivity (Wildman–Crippen MR) is 103 cm³/mol. The molecule has 0 spiro atoms. The molecule has 30 heavy (non-hydrogen) atoms. The van der Waals surface area contributed by atoms with E-state index in [0.717, 1.165) is 4.90 Å². The normalized spacial score (nSPS) is 17.0. The van der Waals surface area contributed by atoms with Crippen LogP contribution in [0.3, 0.4) is 0 Å². The Hall–Kier alpha value is -2.68. The van der Waals surface area contributed by atoms with E-state index in [2.05, 4.69) is 4.98 Å². The van der Waals surface area contributed by atoms with Crippen molar-refractivity contribution >= 4 is 29.2 Å². The third-order valence-electron chi connectivity index (χ3n) is 4.80. The Bertz CT molecular complexity index is 967. The van der Waals surface area contributed by atoms with Gasteiger partial charge in [-0.05, 0) is 24.6 Å². The van der Waals surface area contributed by atoms with Gasteiger partial charge in [0.2, 0.25) is 0 Å². The summed E-state index contributed by atoms with van der Waals surface area (Å²) >= 11 is 5.91. The van der Waals surface area contributed by atoms with Crippen molar-refractivity contribution in [2.75, 3.05) is 18.0 Å². The molecule has 0 saturated carbocycles. The number of carbonyl (C=O) groups excluding carboxylic acids is 2. The maximum Gasteiger partial charge on any atom is 0.417 e. The average molecular weight is 444 g/mol. The first kappa shape index (κ1) is 22.0. The minimum Gasteiger partial charge on any atom is -0.312 e. The molecule has 0 bridgehead atoms. The van der Waals surface area contributed by atoms with Gasteiger partial charge in [-0.25, -0.2) is 14.2 Å². The molecule has 2 heterocycles. The van der Waals surface area contributed by atoms with Crippen LogP contribution in [0.15, 0.2) is 36.5 Å². The monoisotopic (exact) mass is 443 g/mol. The highest BCUT2D eigenvalue weighted by molar-refractivity contribution is 6.31. The molecule has 1 saturated heterocycles. The van der Waals surface area contributed by atoms with Gasteiger partial charge in [-0.15, -0.1) is 0 Å². The molecule has 2 amide bonds. The van der Waals surface area contributed by atoms with Crippen molar-refractivity contribution in [1.82, 2.24) is 9.88 Å². The summed E-state index contributed by atoms with van der Waals surface area (Å²) in [7, 11) is 0. The Morgan fingerprint density at radius 2 is 2.03 bits per heavy atom. The highest BCUT2D eigenvalue weighted by atomic mass is 35.5. The third-order valence-corrected chi connectivity index (χ3v) is 5.03. The lowest BCUT2D eigenvalue weighted by molar-refractivity contribution is -0.138. The Kier molecular flexibility index (Phi) is 6.30. The zero-order chi connectivity index (χ0) is 22.1. The van der Waals surface area contributed by atoms with Crippen LogP contribution in [0.2, 0.25) is 5.02 Å². The smallest absolute Gasteiger partial charge is 0.312 e. The van der Waals surface area contributed by atoms with Crippen molar-refractivity contribution in [1.29, 1.82) is 0 Å². The fraction of sp³-hybridized carbons (Fsp3) is 0.350. The molecule has 1 atom stereocenters. The quantitative estimate of drug-likeness (QED) is 0.456. The molecule has 0 N–H and O–H groups in total. The van der Waals surface area contributed by atoms with Crippen LogP contribution in [0.4, 0.5) is 28.2 Å². The van der Waals surface area contributed by atoms with E-state index >= 15 is 0 Å². The Morgan fingerprint density at radius 1 is 1.30 bits per heavy atom.